The van der Waals surface area contributed by atoms with E-state index < -0.39 is 0 Å². The summed E-state index contributed by atoms with van der Waals surface area (Å²) < 4.78 is 16.8. The Morgan fingerprint density at radius 1 is 1.17 bits per heavy atom. The largest absolute Gasteiger partial charge is 0.508 e. The van der Waals surface area contributed by atoms with E-state index in [-0.39, 0.29) is 11.9 Å². The maximum Gasteiger partial charge on any atom is 0.191 e. The Kier molecular flexibility index (Phi) is 7.19. The van der Waals surface area contributed by atoms with E-state index in [1.165, 1.54) is 0 Å². The first-order chi connectivity index (χ1) is 14.1. The molecular weight excluding hydrogens is 370 g/mol. The molecule has 1 heterocycles. The van der Waals surface area contributed by atoms with Crippen molar-refractivity contribution in [1.29, 1.82) is 0 Å². The van der Waals surface area contributed by atoms with Crippen LogP contribution in [0.1, 0.15) is 23.1 Å². The first kappa shape index (κ1) is 20.8. The van der Waals surface area contributed by atoms with Gasteiger partial charge in [0.25, 0.3) is 0 Å². The van der Waals surface area contributed by atoms with E-state index >= 15 is 0 Å². The molecule has 0 aromatic heterocycles. The van der Waals surface area contributed by atoms with E-state index in [9.17, 15) is 5.11 Å². The van der Waals surface area contributed by atoms with Crippen LogP contribution in [0.4, 0.5) is 0 Å². The van der Waals surface area contributed by atoms with E-state index in [1.54, 1.807) is 32.4 Å². The standard InChI is InChI=1S/C22H29N3O4/c1-15-4-5-16(21(10-15)29-19-8-9-28-14-19)12-24-22(23-2)25-13-17-11-18(27-3)6-7-20(17)26/h4-7,10-11,19,26H,8-9,12-14H2,1-3H3,(H2,23,24,25). The Hall–Kier alpha value is -2.93. The lowest BCUT2D eigenvalue weighted by molar-refractivity contribution is 0.140. The fourth-order valence-electron chi connectivity index (χ4n) is 3.11. The molecule has 0 amide bonds. The average Bonchev–Trinajstić information content (AvgIpc) is 3.23. The van der Waals surface area contributed by atoms with Crippen LogP contribution in [0.5, 0.6) is 17.2 Å². The molecule has 0 saturated carbocycles. The number of nitrogens with one attached hydrogen (secondary N) is 2. The molecular formula is C22H29N3O4. The van der Waals surface area contributed by atoms with Crippen LogP contribution in [-0.4, -0.2) is 44.5 Å². The number of guanidine groups is 1. The minimum Gasteiger partial charge on any atom is -0.508 e. The Morgan fingerprint density at radius 3 is 2.66 bits per heavy atom. The highest BCUT2D eigenvalue weighted by molar-refractivity contribution is 5.79. The van der Waals surface area contributed by atoms with Crippen LogP contribution in [0, 0.1) is 6.92 Å². The zero-order valence-electron chi connectivity index (χ0n) is 17.2. The van der Waals surface area contributed by atoms with Crippen molar-refractivity contribution in [3.63, 3.8) is 0 Å². The number of phenolic OH excluding ortho intramolecular Hbond substituents is 1. The average molecular weight is 399 g/mol. The van der Waals surface area contributed by atoms with Crippen molar-refractivity contribution in [1.82, 2.24) is 10.6 Å². The van der Waals surface area contributed by atoms with Gasteiger partial charge in [-0.05, 0) is 36.8 Å². The minimum atomic E-state index is 0.101. The topological polar surface area (TPSA) is 84.3 Å². The summed E-state index contributed by atoms with van der Waals surface area (Å²) in [6.45, 7) is 4.41. The summed E-state index contributed by atoms with van der Waals surface area (Å²) in [4.78, 5) is 4.26. The minimum absolute atomic E-state index is 0.101. The predicted octanol–water partition coefficient (Wildman–Crippen LogP) is 2.74. The summed E-state index contributed by atoms with van der Waals surface area (Å²) >= 11 is 0. The molecule has 29 heavy (non-hydrogen) atoms. The van der Waals surface area contributed by atoms with Gasteiger partial charge in [-0.2, -0.15) is 0 Å². The van der Waals surface area contributed by atoms with Crippen molar-refractivity contribution in [3.05, 3.63) is 53.1 Å². The van der Waals surface area contributed by atoms with E-state index in [2.05, 4.69) is 40.7 Å². The van der Waals surface area contributed by atoms with E-state index in [4.69, 9.17) is 14.2 Å². The number of benzene rings is 2. The molecule has 2 aromatic carbocycles. The van der Waals surface area contributed by atoms with Crippen LogP contribution in [-0.2, 0) is 17.8 Å². The van der Waals surface area contributed by atoms with E-state index in [0.29, 0.717) is 31.4 Å². The first-order valence-corrected chi connectivity index (χ1v) is 9.73. The van der Waals surface area contributed by atoms with Crippen LogP contribution in [0.25, 0.3) is 0 Å². The van der Waals surface area contributed by atoms with Gasteiger partial charge in [0.1, 0.15) is 23.4 Å². The van der Waals surface area contributed by atoms with Gasteiger partial charge in [-0.1, -0.05) is 12.1 Å². The van der Waals surface area contributed by atoms with Crippen molar-refractivity contribution >= 4 is 5.96 Å². The quantitative estimate of drug-likeness (QED) is 0.490. The number of ether oxygens (including phenoxy) is 3. The summed E-state index contributed by atoms with van der Waals surface area (Å²) in [7, 11) is 3.31. The molecule has 7 nitrogen and oxygen atoms in total. The fourth-order valence-corrected chi connectivity index (χ4v) is 3.11. The number of methoxy groups -OCH3 is 1. The van der Waals surface area contributed by atoms with Crippen molar-refractivity contribution in [2.45, 2.75) is 32.5 Å². The van der Waals surface area contributed by atoms with Crippen molar-refractivity contribution in [2.24, 2.45) is 4.99 Å². The van der Waals surface area contributed by atoms with Crippen LogP contribution in [0.3, 0.4) is 0 Å². The molecule has 1 unspecified atom stereocenters. The third kappa shape index (κ3) is 5.77. The summed E-state index contributed by atoms with van der Waals surface area (Å²) in [6.07, 6.45) is 1.01. The molecule has 2 aromatic rings. The molecule has 0 radical (unpaired) electrons. The van der Waals surface area contributed by atoms with Gasteiger partial charge in [0.05, 0.1) is 20.3 Å². The molecule has 1 aliphatic rings. The molecule has 0 spiro atoms. The number of phenols is 1. The molecule has 1 atom stereocenters. The number of rotatable bonds is 7. The van der Waals surface area contributed by atoms with E-state index in [1.807, 2.05) is 0 Å². The maximum absolute atomic E-state index is 10.0. The van der Waals surface area contributed by atoms with Crippen molar-refractivity contribution < 1.29 is 19.3 Å². The number of hydrogen-bond acceptors (Lipinski definition) is 5. The predicted molar refractivity (Wildman–Crippen MR) is 113 cm³/mol. The lowest BCUT2D eigenvalue weighted by Crippen LogP contribution is -2.36. The van der Waals surface area contributed by atoms with Gasteiger partial charge in [0.15, 0.2) is 5.96 Å². The fraction of sp³-hybridized carbons (Fsp3) is 0.409. The summed E-state index contributed by atoms with van der Waals surface area (Å²) in [5.74, 6) is 2.40. The first-order valence-electron chi connectivity index (χ1n) is 9.73. The zero-order valence-corrected chi connectivity index (χ0v) is 17.2. The molecule has 0 aliphatic carbocycles. The van der Waals surface area contributed by atoms with Gasteiger partial charge in [0.2, 0.25) is 0 Å². The highest BCUT2D eigenvalue weighted by atomic mass is 16.5. The second-order valence-corrected chi connectivity index (χ2v) is 6.99. The molecule has 1 saturated heterocycles. The number of aliphatic imine (C=N–C) groups is 1. The Bertz CT molecular complexity index is 848. The number of aryl methyl sites for hydroxylation is 1. The van der Waals surface area contributed by atoms with Crippen LogP contribution in [0.15, 0.2) is 41.4 Å². The number of hydrogen-bond donors (Lipinski definition) is 3. The van der Waals surface area contributed by atoms with Gasteiger partial charge in [-0.3, -0.25) is 4.99 Å². The zero-order chi connectivity index (χ0) is 20.6. The van der Waals surface area contributed by atoms with Crippen LogP contribution in [0.2, 0.25) is 0 Å². The van der Waals surface area contributed by atoms with Gasteiger partial charge >= 0.3 is 0 Å². The monoisotopic (exact) mass is 399 g/mol. The molecule has 3 rings (SSSR count). The second-order valence-electron chi connectivity index (χ2n) is 6.99. The normalized spacial score (nSPS) is 16.5. The maximum atomic E-state index is 10.0. The Balaban J connectivity index is 1.61. The molecule has 0 bridgehead atoms. The van der Waals surface area contributed by atoms with E-state index in [0.717, 1.165) is 35.5 Å². The SMILES string of the molecule is CN=C(NCc1cc(OC)ccc1O)NCc1ccc(C)cc1OC1CCOC1. The van der Waals surface area contributed by atoms with Crippen molar-refractivity contribution in [3.8, 4) is 17.2 Å². The number of aromatic hydroxyl groups is 1. The van der Waals surface area contributed by atoms with Crippen LogP contribution < -0.4 is 20.1 Å². The lowest BCUT2D eigenvalue weighted by atomic mass is 10.1. The smallest absolute Gasteiger partial charge is 0.191 e. The molecule has 156 valence electrons. The lowest BCUT2D eigenvalue weighted by Gasteiger charge is -2.18. The Labute approximate surface area is 171 Å². The third-order valence-corrected chi connectivity index (χ3v) is 4.81. The number of nitrogens with zero attached hydrogens (tertiary/aromatic N) is 1. The second kappa shape index (κ2) is 10.0. The highest BCUT2D eigenvalue weighted by Gasteiger charge is 2.18. The molecule has 3 N–H and O–H groups in total. The Morgan fingerprint density at radius 2 is 1.97 bits per heavy atom. The third-order valence-electron chi connectivity index (χ3n) is 4.81. The van der Waals surface area contributed by atoms with Gasteiger partial charge in [-0.25, -0.2) is 0 Å². The summed E-state index contributed by atoms with van der Waals surface area (Å²) in [5, 5.41) is 16.6. The van der Waals surface area contributed by atoms with Crippen molar-refractivity contribution in [2.75, 3.05) is 27.4 Å². The molecule has 1 fully saturated rings. The molecule has 7 heteroatoms. The van der Waals surface area contributed by atoms with Crippen LogP contribution >= 0.6 is 0 Å². The van der Waals surface area contributed by atoms with Gasteiger partial charge in [-0.15, -0.1) is 0 Å². The highest BCUT2D eigenvalue weighted by Crippen LogP contribution is 2.24. The summed E-state index contributed by atoms with van der Waals surface area (Å²) in [6, 6.07) is 11.3. The van der Waals surface area contributed by atoms with Gasteiger partial charge in [0, 0.05) is 37.7 Å². The molecule has 1 aliphatic heterocycles. The van der Waals surface area contributed by atoms with Gasteiger partial charge < -0.3 is 30.0 Å². The summed E-state index contributed by atoms with van der Waals surface area (Å²) in [5.41, 5.74) is 2.93.